The zero-order valence-corrected chi connectivity index (χ0v) is 18.3. The minimum Gasteiger partial charge on any atom is -0.341 e. The second kappa shape index (κ2) is 9.40. The van der Waals surface area contributed by atoms with Crippen LogP contribution in [0.25, 0.3) is 0 Å². The Balaban J connectivity index is 1.58. The highest BCUT2D eigenvalue weighted by atomic mass is 32.2. The second-order valence-corrected chi connectivity index (χ2v) is 9.31. The summed E-state index contributed by atoms with van der Waals surface area (Å²) in [6.45, 7) is 3.81. The Hall–Kier alpha value is -3.04. The molecule has 8 nitrogen and oxygen atoms in total. The van der Waals surface area contributed by atoms with E-state index in [9.17, 15) is 22.8 Å². The number of carbonyl (C=O) groups excluding carboxylic acids is 3. The van der Waals surface area contributed by atoms with Gasteiger partial charge < -0.3 is 10.2 Å². The molecule has 1 fully saturated rings. The van der Waals surface area contributed by atoms with Crippen LogP contribution in [0.5, 0.6) is 0 Å². The van der Waals surface area contributed by atoms with Gasteiger partial charge in [0.25, 0.3) is 5.91 Å². The standard InChI is InChI=1S/C22H25N3O5S/c1-16(23-21(27)19-6-4-3-5-7-19)22(28)24-12-14-25(15-13-24)31(29,30)20-10-8-18(9-11-20)17(2)26/h3-11,16H,12-15H2,1-2H3,(H,23,27)/t16-/m0/s1. The third kappa shape index (κ3) is 5.18. The van der Waals surface area contributed by atoms with Crippen molar-refractivity contribution >= 4 is 27.6 Å². The summed E-state index contributed by atoms with van der Waals surface area (Å²) in [6.07, 6.45) is 0. The molecule has 9 heteroatoms. The Morgan fingerprint density at radius 3 is 2.00 bits per heavy atom. The lowest BCUT2D eigenvalue weighted by Gasteiger charge is -2.35. The summed E-state index contributed by atoms with van der Waals surface area (Å²) in [7, 11) is -3.71. The maximum Gasteiger partial charge on any atom is 0.251 e. The number of benzene rings is 2. The van der Waals surface area contributed by atoms with Gasteiger partial charge in [-0.05, 0) is 38.1 Å². The Labute approximate surface area is 181 Å². The van der Waals surface area contributed by atoms with Crippen LogP contribution in [0, 0.1) is 0 Å². The molecule has 0 unspecified atom stereocenters. The van der Waals surface area contributed by atoms with E-state index >= 15 is 0 Å². The number of piperazine rings is 1. The highest BCUT2D eigenvalue weighted by Crippen LogP contribution is 2.19. The monoisotopic (exact) mass is 443 g/mol. The van der Waals surface area contributed by atoms with Crippen molar-refractivity contribution in [3.63, 3.8) is 0 Å². The fourth-order valence-electron chi connectivity index (χ4n) is 3.36. The molecule has 1 saturated heterocycles. The maximum absolute atomic E-state index is 12.9. The number of ketones is 1. The van der Waals surface area contributed by atoms with Gasteiger partial charge in [-0.2, -0.15) is 4.31 Å². The number of nitrogens with zero attached hydrogens (tertiary/aromatic N) is 2. The van der Waals surface area contributed by atoms with Crippen molar-refractivity contribution in [2.45, 2.75) is 24.8 Å². The molecule has 1 aliphatic heterocycles. The van der Waals surface area contributed by atoms with Crippen LogP contribution in [0.2, 0.25) is 0 Å². The van der Waals surface area contributed by atoms with Crippen LogP contribution >= 0.6 is 0 Å². The van der Waals surface area contributed by atoms with E-state index in [1.165, 1.54) is 35.5 Å². The molecule has 1 atom stereocenters. The highest BCUT2D eigenvalue weighted by Gasteiger charge is 2.32. The van der Waals surface area contributed by atoms with Crippen LogP contribution < -0.4 is 5.32 Å². The summed E-state index contributed by atoms with van der Waals surface area (Å²) in [6, 6.07) is 13.7. The molecule has 0 spiro atoms. The molecule has 1 N–H and O–H groups in total. The largest absolute Gasteiger partial charge is 0.341 e. The highest BCUT2D eigenvalue weighted by molar-refractivity contribution is 7.89. The Kier molecular flexibility index (Phi) is 6.87. The smallest absolute Gasteiger partial charge is 0.251 e. The first-order valence-corrected chi connectivity index (χ1v) is 11.4. The van der Waals surface area contributed by atoms with E-state index in [1.54, 1.807) is 42.2 Å². The van der Waals surface area contributed by atoms with E-state index in [2.05, 4.69) is 5.32 Å². The summed E-state index contributed by atoms with van der Waals surface area (Å²) in [5.41, 5.74) is 0.912. The second-order valence-electron chi connectivity index (χ2n) is 7.37. The normalized spacial score (nSPS) is 15.9. The van der Waals surface area contributed by atoms with Gasteiger partial charge in [-0.1, -0.05) is 30.3 Å². The van der Waals surface area contributed by atoms with Gasteiger partial charge in [0.05, 0.1) is 4.90 Å². The Morgan fingerprint density at radius 2 is 1.45 bits per heavy atom. The molecule has 0 saturated carbocycles. The van der Waals surface area contributed by atoms with Gasteiger partial charge in [0, 0.05) is 37.3 Å². The molecular weight excluding hydrogens is 418 g/mol. The van der Waals surface area contributed by atoms with Crippen LogP contribution in [0.3, 0.4) is 0 Å². The number of amides is 2. The van der Waals surface area contributed by atoms with Gasteiger partial charge in [-0.3, -0.25) is 14.4 Å². The Morgan fingerprint density at radius 1 is 0.871 bits per heavy atom. The number of hydrogen-bond acceptors (Lipinski definition) is 5. The van der Waals surface area contributed by atoms with Crippen molar-refractivity contribution in [1.82, 2.24) is 14.5 Å². The zero-order chi connectivity index (χ0) is 22.6. The van der Waals surface area contributed by atoms with Crippen molar-refractivity contribution in [3.05, 3.63) is 65.7 Å². The Bertz CT molecular complexity index is 1060. The lowest BCUT2D eigenvalue weighted by Crippen LogP contribution is -2.55. The third-order valence-corrected chi connectivity index (χ3v) is 7.12. The van der Waals surface area contributed by atoms with Gasteiger partial charge in [-0.15, -0.1) is 0 Å². The number of nitrogens with one attached hydrogen (secondary N) is 1. The first-order valence-electron chi connectivity index (χ1n) is 9.96. The topological polar surface area (TPSA) is 104 Å². The molecule has 0 bridgehead atoms. The first kappa shape index (κ1) is 22.6. The number of carbonyl (C=O) groups is 3. The van der Waals surface area contributed by atoms with Crippen LogP contribution in [0.4, 0.5) is 0 Å². The minimum absolute atomic E-state index is 0.112. The SMILES string of the molecule is CC(=O)c1ccc(S(=O)(=O)N2CCN(C(=O)[C@H](C)NC(=O)c3ccccc3)CC2)cc1. The number of sulfonamides is 1. The van der Waals surface area contributed by atoms with Gasteiger partial charge in [0.2, 0.25) is 15.9 Å². The molecular formula is C22H25N3O5S. The molecule has 3 rings (SSSR count). The van der Waals surface area contributed by atoms with Crippen molar-refractivity contribution < 1.29 is 22.8 Å². The summed E-state index contributed by atoms with van der Waals surface area (Å²) >= 11 is 0. The summed E-state index contributed by atoms with van der Waals surface area (Å²) in [5.74, 6) is -0.728. The molecule has 1 heterocycles. The number of rotatable bonds is 6. The third-order valence-electron chi connectivity index (χ3n) is 5.20. The molecule has 0 aromatic heterocycles. The molecule has 1 aliphatic rings. The average Bonchev–Trinajstić information content (AvgIpc) is 2.79. The lowest BCUT2D eigenvalue weighted by atomic mass is 10.2. The van der Waals surface area contributed by atoms with E-state index in [-0.39, 0.29) is 48.7 Å². The van der Waals surface area contributed by atoms with E-state index in [1.807, 2.05) is 0 Å². The zero-order valence-electron chi connectivity index (χ0n) is 17.4. The predicted octanol–water partition coefficient (Wildman–Crippen LogP) is 1.54. The van der Waals surface area contributed by atoms with Crippen LogP contribution in [-0.4, -0.2) is 67.4 Å². The lowest BCUT2D eigenvalue weighted by molar-refractivity contribution is -0.134. The number of hydrogen-bond donors (Lipinski definition) is 1. The maximum atomic E-state index is 12.9. The molecule has 0 radical (unpaired) electrons. The van der Waals surface area contributed by atoms with Crippen molar-refractivity contribution in [3.8, 4) is 0 Å². The van der Waals surface area contributed by atoms with E-state index < -0.39 is 16.1 Å². The van der Waals surface area contributed by atoms with E-state index in [4.69, 9.17) is 0 Å². The van der Waals surface area contributed by atoms with Crippen molar-refractivity contribution in [1.29, 1.82) is 0 Å². The number of Topliss-reactive ketones (excluding diaryl/α,β-unsaturated/α-hetero) is 1. The summed E-state index contributed by atoms with van der Waals surface area (Å²) in [4.78, 5) is 38.0. The molecule has 2 amide bonds. The summed E-state index contributed by atoms with van der Waals surface area (Å²) in [5, 5.41) is 2.69. The van der Waals surface area contributed by atoms with Crippen molar-refractivity contribution in [2.24, 2.45) is 0 Å². The van der Waals surface area contributed by atoms with Crippen LogP contribution in [0.15, 0.2) is 59.5 Å². The quantitative estimate of drug-likeness (QED) is 0.682. The molecule has 164 valence electrons. The minimum atomic E-state index is -3.71. The first-order chi connectivity index (χ1) is 14.7. The fourth-order valence-corrected chi connectivity index (χ4v) is 4.79. The molecule has 2 aromatic rings. The van der Waals surface area contributed by atoms with Gasteiger partial charge in [0.1, 0.15) is 6.04 Å². The van der Waals surface area contributed by atoms with Crippen molar-refractivity contribution in [2.75, 3.05) is 26.2 Å². The summed E-state index contributed by atoms with van der Waals surface area (Å²) < 4.78 is 27.0. The van der Waals surface area contributed by atoms with Gasteiger partial charge in [-0.25, -0.2) is 8.42 Å². The molecule has 2 aromatic carbocycles. The predicted molar refractivity (Wildman–Crippen MR) is 115 cm³/mol. The fraction of sp³-hybridized carbons (Fsp3) is 0.318. The van der Waals surface area contributed by atoms with Gasteiger partial charge in [0.15, 0.2) is 5.78 Å². The van der Waals surface area contributed by atoms with Crippen LogP contribution in [0.1, 0.15) is 34.6 Å². The average molecular weight is 444 g/mol. The van der Waals surface area contributed by atoms with E-state index in [0.717, 1.165) is 0 Å². The van der Waals surface area contributed by atoms with Crippen LogP contribution in [-0.2, 0) is 14.8 Å². The van der Waals surface area contributed by atoms with E-state index in [0.29, 0.717) is 11.1 Å². The van der Waals surface area contributed by atoms with Gasteiger partial charge >= 0.3 is 0 Å². The molecule has 0 aliphatic carbocycles. The molecule has 31 heavy (non-hydrogen) atoms.